The van der Waals surface area contributed by atoms with Gasteiger partial charge in [0.15, 0.2) is 0 Å². The molecule has 3 aromatic rings. The highest BCUT2D eigenvalue weighted by atomic mass is 32.2. The number of thiazole rings is 1. The van der Waals surface area contributed by atoms with Crippen LogP contribution in [0.3, 0.4) is 0 Å². The molecule has 3 aromatic heterocycles. The summed E-state index contributed by atoms with van der Waals surface area (Å²) in [6.45, 7) is 7.49. The van der Waals surface area contributed by atoms with Gasteiger partial charge in [0.05, 0.1) is 17.6 Å². The summed E-state index contributed by atoms with van der Waals surface area (Å²) in [7, 11) is -3.49. The number of hydrogen-bond donors (Lipinski definition) is 0. The van der Waals surface area contributed by atoms with Crippen molar-refractivity contribution in [3.63, 3.8) is 0 Å². The first kappa shape index (κ1) is 17.7. The van der Waals surface area contributed by atoms with Crippen LogP contribution in [-0.4, -0.2) is 45.0 Å². The van der Waals surface area contributed by atoms with Crippen LogP contribution in [0.25, 0.3) is 4.83 Å². The Morgan fingerprint density at radius 2 is 2.00 bits per heavy atom. The van der Waals surface area contributed by atoms with Gasteiger partial charge in [-0.05, 0) is 33.6 Å². The second-order valence-electron chi connectivity index (χ2n) is 6.71. The molecule has 0 aromatic carbocycles. The van der Waals surface area contributed by atoms with Crippen LogP contribution >= 0.6 is 11.3 Å². The maximum absolute atomic E-state index is 13.0. The van der Waals surface area contributed by atoms with Crippen LogP contribution < -0.4 is 0 Å². The van der Waals surface area contributed by atoms with Crippen LogP contribution in [0, 0.1) is 13.8 Å². The first-order valence-electron chi connectivity index (χ1n) is 8.88. The minimum absolute atomic E-state index is 0.309. The van der Waals surface area contributed by atoms with E-state index in [0.717, 1.165) is 24.4 Å². The Hall–Kier alpha value is -1.71. The molecule has 0 amide bonds. The molecule has 1 fully saturated rings. The average molecular weight is 394 g/mol. The van der Waals surface area contributed by atoms with Gasteiger partial charge in [-0.15, -0.1) is 11.3 Å². The highest BCUT2D eigenvalue weighted by molar-refractivity contribution is 7.89. The third-order valence-electron chi connectivity index (χ3n) is 5.27. The lowest BCUT2D eigenvalue weighted by Crippen LogP contribution is -2.38. The Balaban J connectivity index is 1.54. The number of aryl methyl sites for hydroxylation is 2. The van der Waals surface area contributed by atoms with Gasteiger partial charge >= 0.3 is 0 Å². The number of nitrogens with zero attached hydrogens (tertiary/aromatic N) is 5. The normalized spacial score (nSPS) is 17.3. The van der Waals surface area contributed by atoms with Gasteiger partial charge in [0, 0.05) is 37.1 Å². The van der Waals surface area contributed by atoms with Crippen LogP contribution in [0.1, 0.15) is 42.9 Å². The van der Waals surface area contributed by atoms with Crippen LogP contribution in [-0.2, 0) is 16.6 Å². The lowest BCUT2D eigenvalue weighted by Gasteiger charge is -2.30. The van der Waals surface area contributed by atoms with Gasteiger partial charge in [0.2, 0.25) is 10.0 Å². The zero-order valence-electron chi connectivity index (χ0n) is 15.2. The molecule has 140 valence electrons. The standard InChI is InChI=1S/C17H23N5O2S2/c1-4-22-12(2)15(11-18-22)26(23,24)20-7-5-14(6-8-20)16-17-21(9-10-25-17)13(3)19-16/h9-11,14H,4-8H2,1-3H3. The molecule has 26 heavy (non-hydrogen) atoms. The smallest absolute Gasteiger partial charge is 0.246 e. The van der Waals surface area contributed by atoms with Crippen molar-refractivity contribution in [1.82, 2.24) is 23.5 Å². The van der Waals surface area contributed by atoms with E-state index in [1.807, 2.05) is 27.0 Å². The van der Waals surface area contributed by atoms with Gasteiger partial charge in [0.1, 0.15) is 15.6 Å². The third-order valence-corrected chi connectivity index (χ3v) is 8.16. The lowest BCUT2D eigenvalue weighted by atomic mass is 9.95. The molecule has 0 atom stereocenters. The molecule has 0 saturated carbocycles. The van der Waals surface area contributed by atoms with Crippen molar-refractivity contribution < 1.29 is 8.42 Å². The quantitative estimate of drug-likeness (QED) is 0.683. The minimum atomic E-state index is -3.49. The number of hydrogen-bond acceptors (Lipinski definition) is 5. The van der Waals surface area contributed by atoms with Crippen LogP contribution in [0.4, 0.5) is 0 Å². The monoisotopic (exact) mass is 393 g/mol. The van der Waals surface area contributed by atoms with Crippen molar-refractivity contribution in [2.45, 2.75) is 51.0 Å². The highest BCUT2D eigenvalue weighted by Gasteiger charge is 2.33. The number of sulfonamides is 1. The Kier molecular flexibility index (Phi) is 4.40. The molecule has 0 N–H and O–H groups in total. The van der Waals surface area contributed by atoms with Gasteiger partial charge in [-0.1, -0.05) is 0 Å². The van der Waals surface area contributed by atoms with E-state index < -0.39 is 10.0 Å². The summed E-state index contributed by atoms with van der Waals surface area (Å²) in [5.41, 5.74) is 1.82. The Labute approximate surface area is 157 Å². The summed E-state index contributed by atoms with van der Waals surface area (Å²) < 4.78 is 31.5. The predicted molar refractivity (Wildman–Crippen MR) is 101 cm³/mol. The molecule has 4 heterocycles. The van der Waals surface area contributed by atoms with Gasteiger partial charge in [-0.25, -0.2) is 13.4 Å². The molecule has 0 unspecified atom stereocenters. The van der Waals surface area contributed by atoms with Crippen molar-refractivity contribution >= 4 is 26.2 Å². The summed E-state index contributed by atoms with van der Waals surface area (Å²) in [6, 6.07) is 0. The molecule has 0 bridgehead atoms. The molecule has 1 aliphatic rings. The van der Waals surface area contributed by atoms with E-state index in [1.54, 1.807) is 20.3 Å². The van der Waals surface area contributed by atoms with E-state index in [0.29, 0.717) is 36.1 Å². The molecule has 4 rings (SSSR count). The van der Waals surface area contributed by atoms with E-state index in [-0.39, 0.29) is 0 Å². The zero-order chi connectivity index (χ0) is 18.5. The fraction of sp³-hybridized carbons (Fsp3) is 0.529. The van der Waals surface area contributed by atoms with E-state index in [2.05, 4.69) is 14.9 Å². The molecule has 9 heteroatoms. The molecule has 0 spiro atoms. The topological polar surface area (TPSA) is 72.5 Å². The number of fused-ring (bicyclic) bond motifs is 1. The minimum Gasteiger partial charge on any atom is -0.294 e. The fourth-order valence-corrected chi connectivity index (χ4v) is 6.35. The van der Waals surface area contributed by atoms with Crippen LogP contribution in [0.5, 0.6) is 0 Å². The SMILES string of the molecule is CCn1ncc(S(=O)(=O)N2CCC(c3nc(C)n4ccsc34)CC2)c1C. The summed E-state index contributed by atoms with van der Waals surface area (Å²) in [5.74, 6) is 1.30. The zero-order valence-corrected chi connectivity index (χ0v) is 16.8. The summed E-state index contributed by atoms with van der Waals surface area (Å²) >= 11 is 1.70. The number of aromatic nitrogens is 4. The van der Waals surface area contributed by atoms with Crippen molar-refractivity contribution in [1.29, 1.82) is 0 Å². The molecular formula is C17H23N5O2S2. The molecule has 1 aliphatic heterocycles. The Morgan fingerprint density at radius 1 is 1.27 bits per heavy atom. The van der Waals surface area contributed by atoms with Gasteiger partial charge in [-0.2, -0.15) is 9.40 Å². The number of piperidine rings is 1. The Morgan fingerprint density at radius 3 is 2.65 bits per heavy atom. The molecule has 7 nitrogen and oxygen atoms in total. The van der Waals surface area contributed by atoms with E-state index in [9.17, 15) is 8.42 Å². The second-order valence-corrected chi connectivity index (χ2v) is 9.51. The summed E-state index contributed by atoms with van der Waals surface area (Å²) in [4.78, 5) is 6.25. The molecule has 0 radical (unpaired) electrons. The summed E-state index contributed by atoms with van der Waals surface area (Å²) in [5, 5.41) is 6.26. The maximum atomic E-state index is 13.0. The van der Waals surface area contributed by atoms with Crippen LogP contribution in [0.2, 0.25) is 0 Å². The molecular weight excluding hydrogens is 370 g/mol. The summed E-state index contributed by atoms with van der Waals surface area (Å²) in [6.07, 6.45) is 5.11. The van der Waals surface area contributed by atoms with Crippen molar-refractivity contribution in [3.8, 4) is 0 Å². The largest absolute Gasteiger partial charge is 0.294 e. The highest BCUT2D eigenvalue weighted by Crippen LogP contribution is 2.34. The maximum Gasteiger partial charge on any atom is 0.246 e. The first-order valence-corrected chi connectivity index (χ1v) is 11.2. The van der Waals surface area contributed by atoms with Crippen molar-refractivity contribution in [3.05, 3.63) is 35.0 Å². The van der Waals surface area contributed by atoms with Gasteiger partial charge in [0.25, 0.3) is 0 Å². The van der Waals surface area contributed by atoms with E-state index in [4.69, 9.17) is 4.98 Å². The van der Waals surface area contributed by atoms with Gasteiger partial charge < -0.3 is 0 Å². The molecule has 0 aliphatic carbocycles. The van der Waals surface area contributed by atoms with Crippen LogP contribution in [0.15, 0.2) is 22.7 Å². The Bertz CT molecular complexity index is 1040. The third kappa shape index (κ3) is 2.69. The number of rotatable bonds is 4. The molecule has 1 saturated heterocycles. The second kappa shape index (κ2) is 6.47. The first-order chi connectivity index (χ1) is 12.4. The van der Waals surface area contributed by atoms with E-state index in [1.165, 1.54) is 11.0 Å². The lowest BCUT2D eigenvalue weighted by molar-refractivity contribution is 0.318. The fourth-order valence-electron chi connectivity index (χ4n) is 3.77. The predicted octanol–water partition coefficient (Wildman–Crippen LogP) is 2.80. The van der Waals surface area contributed by atoms with Gasteiger partial charge in [-0.3, -0.25) is 9.08 Å². The van der Waals surface area contributed by atoms with E-state index >= 15 is 0 Å². The average Bonchev–Trinajstić information content (AvgIpc) is 3.32. The number of imidazole rings is 1. The van der Waals surface area contributed by atoms with Crippen molar-refractivity contribution in [2.24, 2.45) is 0 Å². The van der Waals surface area contributed by atoms with Crippen molar-refractivity contribution in [2.75, 3.05) is 13.1 Å².